The lowest BCUT2D eigenvalue weighted by Gasteiger charge is -2.41. The van der Waals surface area contributed by atoms with Crippen LogP contribution in [-0.2, 0) is 20.9 Å². The molecule has 2 saturated heterocycles. The molecule has 0 saturated carbocycles. The summed E-state index contributed by atoms with van der Waals surface area (Å²) in [6.07, 6.45) is 2.34. The molecule has 6 heteroatoms. The van der Waals surface area contributed by atoms with Crippen LogP contribution >= 0.6 is 0 Å². The number of carbonyl (C=O) groups is 2. The first-order valence-corrected chi connectivity index (χ1v) is 9.13. The molecule has 136 valence electrons. The maximum atomic E-state index is 12.4. The molecular weight excluding hydrogens is 318 g/mol. The molecule has 3 rings (SSSR count). The van der Waals surface area contributed by atoms with Crippen LogP contribution in [0.1, 0.15) is 24.8 Å². The molecule has 0 aromatic heterocycles. The van der Waals surface area contributed by atoms with Crippen LogP contribution in [0.2, 0.25) is 0 Å². The molecule has 0 aliphatic carbocycles. The van der Waals surface area contributed by atoms with Gasteiger partial charge in [0, 0.05) is 32.2 Å². The fraction of sp³-hybridized carbons (Fsp3) is 0.579. The monoisotopic (exact) mass is 345 g/mol. The molecule has 2 aliphatic heterocycles. The standard InChI is InChI=1S/C19H27N3O3/c23-18(8-12-25-15-16-5-2-1-3-6-16)21-10-4-7-17(14-21)22-11-9-20-13-19(22)24/h1-3,5-6,17,20H,4,7-15H2. The van der Waals surface area contributed by atoms with Crippen LogP contribution in [0.5, 0.6) is 0 Å². The number of likely N-dealkylation sites (tertiary alicyclic amines) is 1. The largest absolute Gasteiger partial charge is 0.376 e. The van der Waals surface area contributed by atoms with Crippen molar-refractivity contribution in [2.45, 2.75) is 31.9 Å². The average molecular weight is 345 g/mol. The van der Waals surface area contributed by atoms with E-state index >= 15 is 0 Å². The lowest BCUT2D eigenvalue weighted by Crippen LogP contribution is -2.57. The number of nitrogens with zero attached hydrogens (tertiary/aromatic N) is 2. The first kappa shape index (κ1) is 17.9. The van der Waals surface area contributed by atoms with E-state index in [1.807, 2.05) is 40.1 Å². The zero-order valence-corrected chi connectivity index (χ0v) is 14.7. The van der Waals surface area contributed by atoms with Gasteiger partial charge < -0.3 is 19.9 Å². The summed E-state index contributed by atoms with van der Waals surface area (Å²) in [6.45, 7) is 4.40. The number of rotatable bonds is 6. The zero-order valence-electron chi connectivity index (χ0n) is 14.7. The minimum atomic E-state index is 0.125. The summed E-state index contributed by atoms with van der Waals surface area (Å²) in [5, 5.41) is 3.10. The van der Waals surface area contributed by atoms with E-state index in [-0.39, 0.29) is 17.9 Å². The third-order valence-corrected chi connectivity index (χ3v) is 4.89. The number of nitrogens with one attached hydrogen (secondary N) is 1. The van der Waals surface area contributed by atoms with Crippen molar-refractivity contribution in [2.75, 3.05) is 39.3 Å². The third kappa shape index (κ3) is 5.03. The van der Waals surface area contributed by atoms with Gasteiger partial charge in [-0.1, -0.05) is 30.3 Å². The second-order valence-corrected chi connectivity index (χ2v) is 6.69. The van der Waals surface area contributed by atoms with Crippen LogP contribution in [0.3, 0.4) is 0 Å². The van der Waals surface area contributed by atoms with Gasteiger partial charge in [0.25, 0.3) is 0 Å². The van der Waals surface area contributed by atoms with E-state index in [2.05, 4.69) is 5.32 Å². The molecule has 1 unspecified atom stereocenters. The minimum Gasteiger partial charge on any atom is -0.376 e. The first-order chi connectivity index (χ1) is 12.2. The van der Waals surface area contributed by atoms with Crippen molar-refractivity contribution in [3.8, 4) is 0 Å². The summed E-state index contributed by atoms with van der Waals surface area (Å²) >= 11 is 0. The number of carbonyl (C=O) groups excluding carboxylic acids is 2. The van der Waals surface area contributed by atoms with Gasteiger partial charge in [0.05, 0.1) is 26.2 Å². The predicted molar refractivity (Wildman–Crippen MR) is 94.9 cm³/mol. The van der Waals surface area contributed by atoms with Crippen LogP contribution in [0, 0.1) is 0 Å². The van der Waals surface area contributed by atoms with Gasteiger partial charge >= 0.3 is 0 Å². The highest BCUT2D eigenvalue weighted by atomic mass is 16.5. The number of ether oxygens (including phenoxy) is 1. The molecule has 1 N–H and O–H groups in total. The van der Waals surface area contributed by atoms with Crippen molar-refractivity contribution in [1.29, 1.82) is 0 Å². The fourth-order valence-electron chi connectivity index (χ4n) is 3.52. The maximum Gasteiger partial charge on any atom is 0.236 e. The van der Waals surface area contributed by atoms with Crippen molar-refractivity contribution >= 4 is 11.8 Å². The summed E-state index contributed by atoms with van der Waals surface area (Å²) in [5.41, 5.74) is 1.12. The maximum absolute atomic E-state index is 12.4. The number of benzene rings is 1. The van der Waals surface area contributed by atoms with Gasteiger partial charge in [-0.2, -0.15) is 0 Å². The van der Waals surface area contributed by atoms with Crippen molar-refractivity contribution in [3.05, 3.63) is 35.9 Å². The lowest BCUT2D eigenvalue weighted by atomic mass is 10.0. The van der Waals surface area contributed by atoms with Crippen LogP contribution in [0.15, 0.2) is 30.3 Å². The van der Waals surface area contributed by atoms with E-state index in [9.17, 15) is 9.59 Å². The summed E-state index contributed by atoms with van der Waals surface area (Å²) in [6, 6.07) is 10.1. The molecule has 2 fully saturated rings. The zero-order chi connectivity index (χ0) is 17.5. The minimum absolute atomic E-state index is 0.125. The van der Waals surface area contributed by atoms with Gasteiger partial charge in [-0.05, 0) is 18.4 Å². The summed E-state index contributed by atoms with van der Waals surface area (Å²) < 4.78 is 5.62. The summed E-state index contributed by atoms with van der Waals surface area (Å²) in [5.74, 6) is 0.275. The second-order valence-electron chi connectivity index (χ2n) is 6.69. The van der Waals surface area contributed by atoms with Crippen molar-refractivity contribution < 1.29 is 14.3 Å². The number of piperidine rings is 1. The molecule has 6 nitrogen and oxygen atoms in total. The Morgan fingerprint density at radius 2 is 2.08 bits per heavy atom. The highest BCUT2D eigenvalue weighted by Gasteiger charge is 2.31. The molecule has 2 amide bonds. The molecule has 2 heterocycles. The Morgan fingerprint density at radius 1 is 1.24 bits per heavy atom. The highest BCUT2D eigenvalue weighted by molar-refractivity contribution is 5.80. The van der Waals surface area contributed by atoms with E-state index in [1.165, 1.54) is 0 Å². The number of piperazine rings is 1. The second kappa shape index (κ2) is 8.97. The quantitative estimate of drug-likeness (QED) is 0.782. The van der Waals surface area contributed by atoms with Crippen molar-refractivity contribution in [2.24, 2.45) is 0 Å². The SMILES string of the molecule is O=C(CCOCc1ccccc1)N1CCCC(N2CCNCC2=O)C1. The average Bonchev–Trinajstić information content (AvgIpc) is 2.66. The Labute approximate surface area is 149 Å². The van der Waals surface area contributed by atoms with Crippen LogP contribution in [-0.4, -0.2) is 67.0 Å². The molecule has 25 heavy (non-hydrogen) atoms. The molecule has 0 spiro atoms. The molecule has 2 aliphatic rings. The molecule has 1 aromatic rings. The van der Waals surface area contributed by atoms with Gasteiger partial charge in [-0.3, -0.25) is 9.59 Å². The predicted octanol–water partition coefficient (Wildman–Crippen LogP) is 1.02. The van der Waals surface area contributed by atoms with E-state index in [0.29, 0.717) is 32.7 Å². The molecule has 0 bridgehead atoms. The van der Waals surface area contributed by atoms with E-state index in [4.69, 9.17) is 4.74 Å². The van der Waals surface area contributed by atoms with Gasteiger partial charge in [-0.15, -0.1) is 0 Å². The van der Waals surface area contributed by atoms with Crippen molar-refractivity contribution in [1.82, 2.24) is 15.1 Å². The Bertz CT molecular complexity index is 579. The Morgan fingerprint density at radius 3 is 2.88 bits per heavy atom. The van der Waals surface area contributed by atoms with Gasteiger partial charge in [0.1, 0.15) is 0 Å². The van der Waals surface area contributed by atoms with Crippen LogP contribution in [0.4, 0.5) is 0 Å². The Hall–Kier alpha value is -1.92. The van der Waals surface area contributed by atoms with E-state index < -0.39 is 0 Å². The molecule has 1 aromatic carbocycles. The molecule has 0 radical (unpaired) electrons. The lowest BCUT2D eigenvalue weighted by molar-refractivity contribution is -0.141. The van der Waals surface area contributed by atoms with E-state index in [0.717, 1.165) is 38.0 Å². The number of hydrogen-bond donors (Lipinski definition) is 1. The van der Waals surface area contributed by atoms with E-state index in [1.54, 1.807) is 0 Å². The first-order valence-electron chi connectivity index (χ1n) is 9.13. The highest BCUT2D eigenvalue weighted by Crippen LogP contribution is 2.17. The smallest absolute Gasteiger partial charge is 0.236 e. The fourth-order valence-corrected chi connectivity index (χ4v) is 3.52. The molecular formula is C19H27N3O3. The van der Waals surface area contributed by atoms with Crippen molar-refractivity contribution in [3.63, 3.8) is 0 Å². The number of amides is 2. The van der Waals surface area contributed by atoms with Crippen LogP contribution in [0.25, 0.3) is 0 Å². The Kier molecular flexibility index (Phi) is 6.42. The summed E-state index contributed by atoms with van der Waals surface area (Å²) in [4.78, 5) is 28.3. The van der Waals surface area contributed by atoms with Gasteiger partial charge in [-0.25, -0.2) is 0 Å². The van der Waals surface area contributed by atoms with Crippen LogP contribution < -0.4 is 5.32 Å². The number of hydrogen-bond acceptors (Lipinski definition) is 4. The third-order valence-electron chi connectivity index (χ3n) is 4.89. The normalized spacial score (nSPS) is 21.4. The molecule has 1 atom stereocenters. The Balaban J connectivity index is 1.41. The topological polar surface area (TPSA) is 61.9 Å². The summed E-state index contributed by atoms with van der Waals surface area (Å²) in [7, 11) is 0. The van der Waals surface area contributed by atoms with Gasteiger partial charge in [0.15, 0.2) is 0 Å². The van der Waals surface area contributed by atoms with Gasteiger partial charge in [0.2, 0.25) is 11.8 Å².